The molecule has 1 aliphatic rings. The van der Waals surface area contributed by atoms with E-state index in [9.17, 15) is 4.79 Å². The average molecular weight is 214 g/mol. The Morgan fingerprint density at radius 1 is 1.53 bits per heavy atom. The van der Waals surface area contributed by atoms with Crippen LogP contribution in [0.15, 0.2) is 0 Å². The summed E-state index contributed by atoms with van der Waals surface area (Å²) in [5.74, 6) is 0. The van der Waals surface area contributed by atoms with E-state index in [0.717, 1.165) is 26.1 Å². The lowest BCUT2D eigenvalue weighted by atomic mass is 10.2. The van der Waals surface area contributed by atoms with Crippen LogP contribution in [-0.4, -0.2) is 42.3 Å². The van der Waals surface area contributed by atoms with Gasteiger partial charge in [-0.25, -0.2) is 4.79 Å². The number of likely N-dealkylation sites (N-methyl/N-ethyl adjacent to an activating group) is 1. The van der Waals surface area contributed by atoms with Gasteiger partial charge in [0.05, 0.1) is 0 Å². The fourth-order valence-electron chi connectivity index (χ4n) is 1.71. The molecule has 88 valence electrons. The third-order valence-corrected chi connectivity index (χ3v) is 2.33. The van der Waals surface area contributed by atoms with Crippen LogP contribution in [0.2, 0.25) is 0 Å². The van der Waals surface area contributed by atoms with E-state index in [1.54, 1.807) is 4.90 Å². The first kappa shape index (κ1) is 12.3. The number of carbonyl (C=O) groups excluding carboxylic acids is 1. The smallest absolute Gasteiger partial charge is 0.410 e. The molecule has 4 nitrogen and oxygen atoms in total. The van der Waals surface area contributed by atoms with Crippen LogP contribution in [0, 0.1) is 0 Å². The lowest BCUT2D eigenvalue weighted by Gasteiger charge is -2.24. The van der Waals surface area contributed by atoms with Crippen molar-refractivity contribution >= 4 is 6.09 Å². The van der Waals surface area contributed by atoms with Gasteiger partial charge in [0.15, 0.2) is 0 Å². The molecule has 15 heavy (non-hydrogen) atoms. The van der Waals surface area contributed by atoms with Crippen LogP contribution < -0.4 is 5.32 Å². The van der Waals surface area contributed by atoms with Crippen LogP contribution in [0.1, 0.15) is 34.1 Å². The first-order valence-corrected chi connectivity index (χ1v) is 5.63. The van der Waals surface area contributed by atoms with Crippen LogP contribution in [0.5, 0.6) is 0 Å². The summed E-state index contributed by atoms with van der Waals surface area (Å²) in [4.78, 5) is 13.5. The maximum absolute atomic E-state index is 11.7. The monoisotopic (exact) mass is 214 g/mol. The van der Waals surface area contributed by atoms with Gasteiger partial charge in [-0.3, -0.25) is 0 Å². The van der Waals surface area contributed by atoms with Gasteiger partial charge in [-0.15, -0.1) is 0 Å². The second kappa shape index (κ2) is 4.84. The Morgan fingerprint density at radius 2 is 2.20 bits per heavy atom. The maximum Gasteiger partial charge on any atom is 0.410 e. The van der Waals surface area contributed by atoms with E-state index < -0.39 is 5.60 Å². The minimum absolute atomic E-state index is 0.192. The Morgan fingerprint density at radius 3 is 2.73 bits per heavy atom. The second-order valence-corrected chi connectivity index (χ2v) is 4.97. The fraction of sp³-hybridized carbons (Fsp3) is 0.909. The van der Waals surface area contributed by atoms with Crippen molar-refractivity contribution in [2.45, 2.75) is 45.8 Å². The number of ether oxygens (including phenoxy) is 1. The zero-order valence-electron chi connectivity index (χ0n) is 10.2. The molecule has 1 aliphatic heterocycles. The average Bonchev–Trinajstić information content (AvgIpc) is 2.50. The van der Waals surface area contributed by atoms with Gasteiger partial charge in [0.2, 0.25) is 0 Å². The van der Waals surface area contributed by atoms with Crippen LogP contribution in [0.25, 0.3) is 0 Å². The summed E-state index contributed by atoms with van der Waals surface area (Å²) in [5.41, 5.74) is -0.395. The van der Waals surface area contributed by atoms with Crippen LogP contribution in [0.3, 0.4) is 0 Å². The molecule has 0 aromatic carbocycles. The molecule has 1 N–H and O–H groups in total. The molecule has 4 heteroatoms. The summed E-state index contributed by atoms with van der Waals surface area (Å²) < 4.78 is 5.31. The fourth-order valence-corrected chi connectivity index (χ4v) is 1.71. The van der Waals surface area contributed by atoms with Crippen molar-refractivity contribution in [1.29, 1.82) is 0 Å². The summed E-state index contributed by atoms with van der Waals surface area (Å²) in [6.45, 7) is 10.3. The molecule has 0 unspecified atom stereocenters. The summed E-state index contributed by atoms with van der Waals surface area (Å²) in [5, 5.41) is 3.34. The summed E-state index contributed by atoms with van der Waals surface area (Å²) >= 11 is 0. The summed E-state index contributed by atoms with van der Waals surface area (Å²) in [6, 6.07) is 0.433. The van der Waals surface area contributed by atoms with Crippen molar-refractivity contribution in [1.82, 2.24) is 10.2 Å². The Hall–Kier alpha value is -0.770. The molecule has 0 radical (unpaired) electrons. The number of carbonyl (C=O) groups is 1. The highest BCUT2D eigenvalue weighted by molar-refractivity contribution is 5.68. The van der Waals surface area contributed by atoms with Crippen molar-refractivity contribution in [3.8, 4) is 0 Å². The standard InChI is InChI=1S/C11H22N2O2/c1-5-12-9-6-7-13(8-9)10(14)15-11(2,3)4/h9,12H,5-8H2,1-4H3/t9-/m1/s1. The molecule has 0 aliphatic carbocycles. The highest BCUT2D eigenvalue weighted by atomic mass is 16.6. The SMILES string of the molecule is CCN[C@@H]1CCN(C(=O)OC(C)(C)C)C1. The topological polar surface area (TPSA) is 41.6 Å². The normalized spacial score (nSPS) is 21.9. The molecular formula is C11H22N2O2. The zero-order chi connectivity index (χ0) is 11.5. The van der Waals surface area contributed by atoms with Crippen molar-refractivity contribution in [3.05, 3.63) is 0 Å². The second-order valence-electron chi connectivity index (χ2n) is 4.97. The van der Waals surface area contributed by atoms with Crippen molar-refractivity contribution in [2.24, 2.45) is 0 Å². The lowest BCUT2D eigenvalue weighted by molar-refractivity contribution is 0.0291. The quantitative estimate of drug-likeness (QED) is 0.759. The first-order chi connectivity index (χ1) is 6.92. The van der Waals surface area contributed by atoms with Gasteiger partial charge in [-0.1, -0.05) is 6.92 Å². The third kappa shape index (κ3) is 4.08. The molecule has 1 atom stereocenters. The molecule has 1 fully saturated rings. The van der Waals surface area contributed by atoms with Gasteiger partial charge in [0, 0.05) is 19.1 Å². The molecule has 0 aromatic heterocycles. The van der Waals surface area contributed by atoms with Gasteiger partial charge in [-0.05, 0) is 33.7 Å². The van der Waals surface area contributed by atoms with Crippen LogP contribution >= 0.6 is 0 Å². The van der Waals surface area contributed by atoms with Gasteiger partial charge in [0.25, 0.3) is 0 Å². The molecule has 1 rings (SSSR count). The van der Waals surface area contributed by atoms with E-state index in [2.05, 4.69) is 12.2 Å². The third-order valence-electron chi connectivity index (χ3n) is 2.33. The van der Waals surface area contributed by atoms with Gasteiger partial charge < -0.3 is 15.0 Å². The van der Waals surface area contributed by atoms with E-state index in [4.69, 9.17) is 4.74 Å². The molecular weight excluding hydrogens is 192 g/mol. The van der Waals surface area contributed by atoms with E-state index in [1.165, 1.54) is 0 Å². The number of hydrogen-bond acceptors (Lipinski definition) is 3. The summed E-state index contributed by atoms with van der Waals surface area (Å²) in [7, 11) is 0. The van der Waals surface area contributed by atoms with Crippen LogP contribution in [0.4, 0.5) is 4.79 Å². The van der Waals surface area contributed by atoms with E-state index >= 15 is 0 Å². The van der Waals surface area contributed by atoms with Gasteiger partial charge in [0.1, 0.15) is 5.60 Å². The minimum atomic E-state index is -0.395. The number of nitrogens with one attached hydrogen (secondary N) is 1. The molecule has 1 saturated heterocycles. The lowest BCUT2D eigenvalue weighted by Crippen LogP contribution is -2.38. The van der Waals surface area contributed by atoms with E-state index in [0.29, 0.717) is 6.04 Å². The zero-order valence-corrected chi connectivity index (χ0v) is 10.2. The molecule has 0 aromatic rings. The highest BCUT2D eigenvalue weighted by Gasteiger charge is 2.28. The Labute approximate surface area is 92.0 Å². The van der Waals surface area contributed by atoms with Crippen molar-refractivity contribution in [3.63, 3.8) is 0 Å². The van der Waals surface area contributed by atoms with E-state index in [1.807, 2.05) is 20.8 Å². The number of likely N-dealkylation sites (tertiary alicyclic amines) is 1. The van der Waals surface area contributed by atoms with Crippen LogP contribution in [-0.2, 0) is 4.74 Å². The molecule has 0 spiro atoms. The summed E-state index contributed by atoms with van der Waals surface area (Å²) in [6.07, 6.45) is 0.829. The molecule has 0 bridgehead atoms. The van der Waals surface area contributed by atoms with Crippen molar-refractivity contribution in [2.75, 3.05) is 19.6 Å². The Bertz CT molecular complexity index is 223. The highest BCUT2D eigenvalue weighted by Crippen LogP contribution is 2.14. The Balaban J connectivity index is 2.37. The number of hydrogen-bond donors (Lipinski definition) is 1. The predicted octanol–water partition coefficient (Wildman–Crippen LogP) is 1.61. The largest absolute Gasteiger partial charge is 0.444 e. The maximum atomic E-state index is 11.7. The van der Waals surface area contributed by atoms with E-state index in [-0.39, 0.29) is 6.09 Å². The number of amides is 1. The van der Waals surface area contributed by atoms with Crippen molar-refractivity contribution < 1.29 is 9.53 Å². The number of nitrogens with zero attached hydrogens (tertiary/aromatic N) is 1. The first-order valence-electron chi connectivity index (χ1n) is 5.63. The molecule has 1 heterocycles. The molecule has 1 amide bonds. The molecule has 0 saturated carbocycles. The minimum Gasteiger partial charge on any atom is -0.444 e. The predicted molar refractivity (Wildman–Crippen MR) is 59.9 cm³/mol. The van der Waals surface area contributed by atoms with Gasteiger partial charge in [-0.2, -0.15) is 0 Å². The number of rotatable bonds is 2. The Kier molecular flexibility index (Phi) is 3.97. The van der Waals surface area contributed by atoms with Gasteiger partial charge >= 0.3 is 6.09 Å².